The summed E-state index contributed by atoms with van der Waals surface area (Å²) in [5.41, 5.74) is 0.854. The van der Waals surface area contributed by atoms with E-state index < -0.39 is 41.7 Å². The smallest absolute Gasteiger partial charge is 0.253 e. The summed E-state index contributed by atoms with van der Waals surface area (Å²) in [6.45, 7) is 8.41. The van der Waals surface area contributed by atoms with Crippen LogP contribution in [0.25, 0.3) is 0 Å². The summed E-state index contributed by atoms with van der Waals surface area (Å²) >= 11 is 0. The molecule has 0 bridgehead atoms. The van der Waals surface area contributed by atoms with E-state index in [-0.39, 0.29) is 24.3 Å². The SMILES string of the molecule is CCN(CC)c1ccc(N2CC=C[C@]34O[C@]5(C)C=CCN(Cc6ccccc6)C(=O)[C@@H]5[C@H]3C(=O)N([C@H](CO)c3ccccc3)C4C2=O)cc1. The first-order valence-corrected chi connectivity index (χ1v) is 17.3. The molecule has 4 heterocycles. The van der Waals surface area contributed by atoms with Gasteiger partial charge in [0.25, 0.3) is 5.91 Å². The Labute approximate surface area is 288 Å². The molecule has 4 aliphatic heterocycles. The van der Waals surface area contributed by atoms with Crippen LogP contribution in [0.4, 0.5) is 11.4 Å². The van der Waals surface area contributed by atoms with Gasteiger partial charge in [-0.2, -0.15) is 0 Å². The van der Waals surface area contributed by atoms with Crippen molar-refractivity contribution in [3.63, 3.8) is 0 Å². The van der Waals surface area contributed by atoms with Crippen LogP contribution in [0, 0.1) is 11.8 Å². The molecule has 2 saturated heterocycles. The third kappa shape index (κ3) is 5.36. The Morgan fingerprint density at radius 2 is 1.47 bits per heavy atom. The van der Waals surface area contributed by atoms with Crippen LogP contribution in [-0.2, 0) is 25.7 Å². The number of carbonyl (C=O) groups is 3. The fourth-order valence-electron chi connectivity index (χ4n) is 8.49. The molecule has 6 atom stereocenters. The lowest BCUT2D eigenvalue weighted by Crippen LogP contribution is -2.57. The third-order valence-electron chi connectivity index (χ3n) is 10.8. The molecule has 0 aliphatic carbocycles. The van der Waals surface area contributed by atoms with Crippen LogP contribution in [-0.4, -0.2) is 82.7 Å². The van der Waals surface area contributed by atoms with Gasteiger partial charge in [-0.3, -0.25) is 14.4 Å². The van der Waals surface area contributed by atoms with Crippen LogP contribution in [0.2, 0.25) is 0 Å². The van der Waals surface area contributed by atoms with Gasteiger partial charge in [-0.25, -0.2) is 0 Å². The molecule has 1 spiro atoms. The summed E-state index contributed by atoms with van der Waals surface area (Å²) in [6.07, 6.45) is 7.57. The first kappa shape index (κ1) is 32.8. The quantitative estimate of drug-likeness (QED) is 0.334. The molecule has 0 aromatic heterocycles. The van der Waals surface area contributed by atoms with Gasteiger partial charge in [0.2, 0.25) is 11.8 Å². The van der Waals surface area contributed by atoms with Crippen molar-refractivity contribution >= 4 is 29.1 Å². The highest BCUT2D eigenvalue weighted by molar-refractivity contribution is 6.06. The van der Waals surface area contributed by atoms with Crippen molar-refractivity contribution in [3.8, 4) is 0 Å². The maximum atomic E-state index is 15.1. The summed E-state index contributed by atoms with van der Waals surface area (Å²) < 4.78 is 7.04. The van der Waals surface area contributed by atoms with Gasteiger partial charge in [0.1, 0.15) is 11.6 Å². The van der Waals surface area contributed by atoms with Gasteiger partial charge >= 0.3 is 0 Å². The number of amides is 3. The van der Waals surface area contributed by atoms with Crippen LogP contribution < -0.4 is 9.80 Å². The molecule has 1 unspecified atom stereocenters. The van der Waals surface area contributed by atoms with Crippen molar-refractivity contribution in [1.82, 2.24) is 9.80 Å². The molecule has 3 amide bonds. The normalized spacial score (nSPS) is 28.2. The predicted octanol–water partition coefficient (Wildman–Crippen LogP) is 4.74. The van der Waals surface area contributed by atoms with Crippen molar-refractivity contribution in [1.29, 1.82) is 0 Å². The zero-order chi connectivity index (χ0) is 34.3. The number of anilines is 2. The molecule has 3 aromatic rings. The Hall–Kier alpha value is -4.73. The number of nitrogens with zero attached hydrogens (tertiary/aromatic N) is 4. The fourth-order valence-corrected chi connectivity index (χ4v) is 8.49. The highest BCUT2D eigenvalue weighted by Crippen LogP contribution is 2.59. The topological polar surface area (TPSA) is 93.6 Å². The highest BCUT2D eigenvalue weighted by Gasteiger charge is 2.75. The van der Waals surface area contributed by atoms with Gasteiger partial charge in [0, 0.05) is 44.1 Å². The Bertz CT molecular complexity index is 1760. The Balaban J connectivity index is 1.33. The fraction of sp³-hybridized carbons (Fsp3) is 0.375. The summed E-state index contributed by atoms with van der Waals surface area (Å²) in [7, 11) is 0. The molecule has 1 N–H and O–H groups in total. The second kappa shape index (κ2) is 12.9. The van der Waals surface area contributed by atoms with E-state index in [0.717, 1.165) is 24.3 Å². The average molecular weight is 661 g/mol. The lowest BCUT2D eigenvalue weighted by Gasteiger charge is -2.40. The second-order valence-corrected chi connectivity index (χ2v) is 13.5. The van der Waals surface area contributed by atoms with E-state index in [1.807, 2.05) is 116 Å². The number of aliphatic hydroxyl groups excluding tert-OH is 1. The molecule has 9 heteroatoms. The maximum Gasteiger partial charge on any atom is 0.253 e. The monoisotopic (exact) mass is 660 g/mol. The number of aliphatic hydroxyl groups is 1. The average Bonchev–Trinajstić information content (AvgIpc) is 3.39. The number of likely N-dealkylation sites (tertiary alicyclic amines) is 1. The lowest BCUT2D eigenvalue weighted by atomic mass is 9.74. The number of ether oxygens (including phenoxy) is 1. The number of rotatable bonds is 9. The summed E-state index contributed by atoms with van der Waals surface area (Å²) in [4.78, 5) is 52.0. The third-order valence-corrected chi connectivity index (χ3v) is 10.8. The Kier molecular flexibility index (Phi) is 8.67. The van der Waals surface area contributed by atoms with Crippen molar-refractivity contribution in [2.45, 2.75) is 50.6 Å². The maximum absolute atomic E-state index is 15.1. The standard InChI is InChI=1S/C40H44N4O5/c1-4-41(5-2)30-18-20-31(21-19-30)43-25-13-23-40-34(37(47)44(35(40)38(43)48)32(27-45)29-16-10-7-11-17-29)33-36(46)42(24-12-22-39(33,3)49-40)26-28-14-8-6-9-15-28/h6-23,32-35,45H,4-5,24-27H2,1-3H3/t32-,33+,34+,35?,39-,40+/m1/s1. The van der Waals surface area contributed by atoms with E-state index in [0.29, 0.717) is 24.3 Å². The van der Waals surface area contributed by atoms with Gasteiger partial charge in [-0.05, 0) is 56.2 Å². The van der Waals surface area contributed by atoms with Crippen LogP contribution in [0.1, 0.15) is 37.9 Å². The molecular weight excluding hydrogens is 616 g/mol. The molecule has 0 saturated carbocycles. The largest absolute Gasteiger partial charge is 0.394 e. The van der Waals surface area contributed by atoms with Crippen molar-refractivity contribution < 1.29 is 24.2 Å². The molecule has 3 aromatic carbocycles. The number of benzene rings is 3. The zero-order valence-corrected chi connectivity index (χ0v) is 28.3. The molecule has 254 valence electrons. The van der Waals surface area contributed by atoms with Gasteiger partial charge in [0.05, 0.1) is 30.1 Å². The second-order valence-electron chi connectivity index (χ2n) is 13.5. The Morgan fingerprint density at radius 1 is 0.816 bits per heavy atom. The van der Waals surface area contributed by atoms with E-state index in [2.05, 4.69) is 18.7 Å². The minimum atomic E-state index is -1.44. The van der Waals surface area contributed by atoms with Gasteiger partial charge in [-0.1, -0.05) is 85.0 Å². The van der Waals surface area contributed by atoms with E-state index >= 15 is 9.59 Å². The molecule has 2 fully saturated rings. The van der Waals surface area contributed by atoms with E-state index in [1.54, 1.807) is 9.80 Å². The van der Waals surface area contributed by atoms with E-state index in [1.165, 1.54) is 4.90 Å². The number of hydrogen-bond acceptors (Lipinski definition) is 6. The van der Waals surface area contributed by atoms with Gasteiger partial charge in [0.15, 0.2) is 0 Å². The predicted molar refractivity (Wildman–Crippen MR) is 189 cm³/mol. The highest BCUT2D eigenvalue weighted by atomic mass is 16.5. The van der Waals surface area contributed by atoms with E-state index in [4.69, 9.17) is 4.74 Å². The number of hydrogen-bond donors (Lipinski definition) is 1. The van der Waals surface area contributed by atoms with Gasteiger partial charge < -0.3 is 29.4 Å². The van der Waals surface area contributed by atoms with Crippen molar-refractivity contribution in [2.75, 3.05) is 42.6 Å². The molecule has 4 aliphatic rings. The molecule has 9 nitrogen and oxygen atoms in total. The zero-order valence-electron chi connectivity index (χ0n) is 28.3. The minimum absolute atomic E-state index is 0.193. The number of fused-ring (bicyclic) bond motifs is 2. The van der Waals surface area contributed by atoms with Crippen molar-refractivity contribution in [2.24, 2.45) is 11.8 Å². The lowest BCUT2D eigenvalue weighted by molar-refractivity contribution is -0.151. The summed E-state index contributed by atoms with van der Waals surface area (Å²) in [5, 5.41) is 10.9. The van der Waals surface area contributed by atoms with Crippen LogP contribution in [0.3, 0.4) is 0 Å². The molecule has 49 heavy (non-hydrogen) atoms. The van der Waals surface area contributed by atoms with Gasteiger partial charge in [-0.15, -0.1) is 0 Å². The van der Waals surface area contributed by atoms with Crippen LogP contribution in [0.5, 0.6) is 0 Å². The first-order chi connectivity index (χ1) is 23.8. The van der Waals surface area contributed by atoms with E-state index in [9.17, 15) is 9.90 Å². The molecule has 7 rings (SSSR count). The van der Waals surface area contributed by atoms with Crippen LogP contribution >= 0.6 is 0 Å². The summed E-state index contributed by atoms with van der Waals surface area (Å²) in [6, 6.07) is 25.0. The van der Waals surface area contributed by atoms with Crippen molar-refractivity contribution in [3.05, 3.63) is 120 Å². The number of carbonyl (C=O) groups excluding carboxylic acids is 3. The molecular formula is C40H44N4O5. The minimum Gasteiger partial charge on any atom is -0.394 e. The van der Waals surface area contributed by atoms with Crippen LogP contribution in [0.15, 0.2) is 109 Å². The Morgan fingerprint density at radius 3 is 2.12 bits per heavy atom. The first-order valence-electron chi connectivity index (χ1n) is 17.3. The molecule has 0 radical (unpaired) electrons. The summed E-state index contributed by atoms with van der Waals surface area (Å²) in [5.74, 6) is -2.76.